The van der Waals surface area contributed by atoms with E-state index >= 15 is 0 Å². The van der Waals surface area contributed by atoms with E-state index in [4.69, 9.17) is 0 Å². The van der Waals surface area contributed by atoms with Crippen LogP contribution in [0.25, 0.3) is 5.69 Å². The van der Waals surface area contributed by atoms with Crippen LogP contribution in [0.4, 0.5) is 5.69 Å². The Hall–Kier alpha value is -2.63. The Kier molecular flexibility index (Phi) is 5.16. The van der Waals surface area contributed by atoms with Crippen LogP contribution in [0.5, 0.6) is 0 Å². The Bertz CT molecular complexity index is 704. The van der Waals surface area contributed by atoms with E-state index in [1.807, 2.05) is 42.7 Å². The molecule has 122 valence electrons. The Balaban J connectivity index is 2.04. The Labute approximate surface area is 135 Å². The average Bonchev–Trinajstić information content (AvgIpc) is 2.87. The van der Waals surface area contributed by atoms with Gasteiger partial charge in [0.05, 0.1) is 12.0 Å². The lowest BCUT2D eigenvalue weighted by molar-refractivity contribution is -0.125. The molecule has 1 unspecified atom stereocenters. The molecule has 0 spiro atoms. The molecule has 2 rings (SSSR count). The number of imidazole rings is 1. The number of nitrogens with one attached hydrogen (secondary N) is 2. The lowest BCUT2D eigenvalue weighted by Gasteiger charge is -2.14. The number of hydrogen-bond acceptors (Lipinski definition) is 3. The van der Waals surface area contributed by atoms with Gasteiger partial charge in [-0.25, -0.2) is 4.98 Å². The quantitative estimate of drug-likeness (QED) is 0.889. The first kappa shape index (κ1) is 16.7. The highest BCUT2D eigenvalue weighted by atomic mass is 16.2. The van der Waals surface area contributed by atoms with Crippen LogP contribution in [0.1, 0.15) is 31.7 Å². The zero-order valence-electron chi connectivity index (χ0n) is 13.9. The topological polar surface area (TPSA) is 76.0 Å². The summed E-state index contributed by atoms with van der Waals surface area (Å²) in [5, 5.41) is 5.42. The summed E-state index contributed by atoms with van der Waals surface area (Å²) in [7, 11) is 0. The van der Waals surface area contributed by atoms with Crippen molar-refractivity contribution in [1.29, 1.82) is 0 Å². The molecule has 0 fully saturated rings. The number of carbonyl (C=O) groups is 2. The van der Waals surface area contributed by atoms with Crippen molar-refractivity contribution in [2.75, 3.05) is 5.32 Å². The summed E-state index contributed by atoms with van der Waals surface area (Å²) in [6.07, 6.45) is 2.14. The average molecular weight is 314 g/mol. The maximum Gasteiger partial charge on any atom is 0.246 e. The Morgan fingerprint density at radius 3 is 2.39 bits per heavy atom. The molecule has 2 N–H and O–H groups in total. The fraction of sp³-hybridized carbons (Fsp3) is 0.353. The Morgan fingerprint density at radius 1 is 1.22 bits per heavy atom. The smallest absolute Gasteiger partial charge is 0.246 e. The first-order valence-electron chi connectivity index (χ1n) is 7.63. The van der Waals surface area contributed by atoms with Gasteiger partial charge in [0.1, 0.15) is 6.04 Å². The van der Waals surface area contributed by atoms with Crippen molar-refractivity contribution < 1.29 is 9.59 Å². The van der Waals surface area contributed by atoms with E-state index in [0.717, 1.165) is 17.1 Å². The molecule has 0 aliphatic heterocycles. The van der Waals surface area contributed by atoms with Crippen LogP contribution in [-0.4, -0.2) is 27.4 Å². The zero-order chi connectivity index (χ0) is 17.0. The second kappa shape index (κ2) is 7.09. The van der Waals surface area contributed by atoms with Crippen LogP contribution in [0, 0.1) is 13.8 Å². The monoisotopic (exact) mass is 314 g/mol. The fourth-order valence-corrected chi connectivity index (χ4v) is 2.12. The van der Waals surface area contributed by atoms with Gasteiger partial charge in [-0.05, 0) is 45.0 Å². The lowest BCUT2D eigenvalue weighted by Crippen LogP contribution is -2.41. The van der Waals surface area contributed by atoms with E-state index in [9.17, 15) is 9.59 Å². The minimum atomic E-state index is -0.569. The van der Waals surface area contributed by atoms with Crippen molar-refractivity contribution >= 4 is 17.5 Å². The summed E-state index contributed by atoms with van der Waals surface area (Å²) in [5.74, 6) is -0.386. The molecular formula is C17H22N4O2. The molecule has 0 aliphatic carbocycles. The van der Waals surface area contributed by atoms with Gasteiger partial charge >= 0.3 is 0 Å². The SMILES string of the molecule is CCC(=O)NC(C)C(=O)Nc1ccc(-n2cnc(C)c2C)cc1. The molecule has 2 amide bonds. The van der Waals surface area contributed by atoms with Crippen molar-refractivity contribution in [3.05, 3.63) is 42.0 Å². The van der Waals surface area contributed by atoms with Crippen LogP contribution in [0.3, 0.4) is 0 Å². The molecule has 0 saturated carbocycles. The third kappa shape index (κ3) is 3.97. The number of aromatic nitrogens is 2. The predicted octanol–water partition coefficient (Wildman–Crippen LogP) is 2.34. The minimum Gasteiger partial charge on any atom is -0.345 e. The normalized spacial score (nSPS) is 11.8. The first-order chi connectivity index (χ1) is 10.9. The largest absolute Gasteiger partial charge is 0.345 e. The van der Waals surface area contributed by atoms with Crippen LogP contribution < -0.4 is 10.6 Å². The number of nitrogens with zero attached hydrogens (tertiary/aromatic N) is 2. The molecule has 1 atom stereocenters. The van der Waals surface area contributed by atoms with Crippen LogP contribution >= 0.6 is 0 Å². The molecule has 1 heterocycles. The van der Waals surface area contributed by atoms with Crippen molar-refractivity contribution in [3.63, 3.8) is 0 Å². The summed E-state index contributed by atoms with van der Waals surface area (Å²) in [6.45, 7) is 7.38. The van der Waals surface area contributed by atoms with Gasteiger partial charge in [0.25, 0.3) is 0 Å². The summed E-state index contributed by atoms with van der Waals surface area (Å²) < 4.78 is 1.99. The number of amides is 2. The second-order valence-electron chi connectivity index (χ2n) is 5.46. The number of anilines is 1. The van der Waals surface area contributed by atoms with Gasteiger partial charge in [-0.1, -0.05) is 6.92 Å². The molecule has 1 aromatic carbocycles. The molecule has 23 heavy (non-hydrogen) atoms. The van der Waals surface area contributed by atoms with Gasteiger partial charge in [-0.3, -0.25) is 9.59 Å². The number of hydrogen-bond donors (Lipinski definition) is 2. The van der Waals surface area contributed by atoms with Gasteiger partial charge < -0.3 is 15.2 Å². The molecule has 6 heteroatoms. The molecule has 0 aliphatic rings. The molecule has 0 saturated heterocycles. The van der Waals surface area contributed by atoms with E-state index in [2.05, 4.69) is 15.6 Å². The predicted molar refractivity (Wildman–Crippen MR) is 89.6 cm³/mol. The van der Waals surface area contributed by atoms with Crippen molar-refractivity contribution in [3.8, 4) is 5.69 Å². The molecule has 6 nitrogen and oxygen atoms in total. The molecule has 2 aromatic rings. The van der Waals surface area contributed by atoms with E-state index in [0.29, 0.717) is 12.1 Å². The highest BCUT2D eigenvalue weighted by molar-refractivity contribution is 5.96. The first-order valence-corrected chi connectivity index (χ1v) is 7.63. The van der Waals surface area contributed by atoms with Crippen LogP contribution in [0.15, 0.2) is 30.6 Å². The summed E-state index contributed by atoms with van der Waals surface area (Å²) in [4.78, 5) is 27.6. The summed E-state index contributed by atoms with van der Waals surface area (Å²) >= 11 is 0. The van der Waals surface area contributed by atoms with Gasteiger partial charge in [0, 0.05) is 23.5 Å². The van der Waals surface area contributed by atoms with Crippen molar-refractivity contribution in [1.82, 2.24) is 14.9 Å². The van der Waals surface area contributed by atoms with Crippen molar-refractivity contribution in [2.24, 2.45) is 0 Å². The summed E-state index contributed by atoms with van der Waals surface area (Å²) in [5.41, 5.74) is 3.74. The fourth-order valence-electron chi connectivity index (χ4n) is 2.12. The molecule has 0 radical (unpaired) electrons. The zero-order valence-corrected chi connectivity index (χ0v) is 13.9. The third-order valence-electron chi connectivity index (χ3n) is 3.76. The van der Waals surface area contributed by atoms with Gasteiger partial charge in [-0.15, -0.1) is 0 Å². The van der Waals surface area contributed by atoms with Gasteiger partial charge in [-0.2, -0.15) is 0 Å². The van der Waals surface area contributed by atoms with E-state index < -0.39 is 6.04 Å². The van der Waals surface area contributed by atoms with E-state index in [-0.39, 0.29) is 11.8 Å². The lowest BCUT2D eigenvalue weighted by atomic mass is 10.2. The van der Waals surface area contributed by atoms with Crippen LogP contribution in [-0.2, 0) is 9.59 Å². The number of rotatable bonds is 5. The molecular weight excluding hydrogens is 292 g/mol. The Morgan fingerprint density at radius 2 is 1.87 bits per heavy atom. The third-order valence-corrected chi connectivity index (χ3v) is 3.76. The number of carbonyl (C=O) groups excluding carboxylic acids is 2. The second-order valence-corrected chi connectivity index (χ2v) is 5.46. The summed E-state index contributed by atoms with van der Waals surface area (Å²) in [6, 6.07) is 6.92. The highest BCUT2D eigenvalue weighted by Gasteiger charge is 2.14. The van der Waals surface area contributed by atoms with E-state index in [1.54, 1.807) is 20.2 Å². The molecule has 1 aromatic heterocycles. The minimum absolute atomic E-state index is 0.144. The molecule has 0 bridgehead atoms. The van der Waals surface area contributed by atoms with E-state index in [1.165, 1.54) is 0 Å². The highest BCUT2D eigenvalue weighted by Crippen LogP contribution is 2.16. The van der Waals surface area contributed by atoms with Gasteiger partial charge in [0.15, 0.2) is 0 Å². The van der Waals surface area contributed by atoms with Crippen molar-refractivity contribution in [2.45, 2.75) is 40.2 Å². The van der Waals surface area contributed by atoms with Crippen LogP contribution in [0.2, 0.25) is 0 Å². The number of benzene rings is 1. The maximum absolute atomic E-state index is 12.0. The maximum atomic E-state index is 12.0. The number of aryl methyl sites for hydroxylation is 1. The standard InChI is InChI=1S/C17H22N4O2/c1-5-16(22)19-12(3)17(23)20-14-6-8-15(9-7-14)21-10-18-11(2)13(21)4/h6-10,12H,5H2,1-4H3,(H,19,22)(H,20,23). The van der Waals surface area contributed by atoms with Gasteiger partial charge in [0.2, 0.25) is 11.8 Å².